The molecule has 0 bridgehead atoms. The fraction of sp³-hybridized carbons (Fsp3) is 0.286. The van der Waals surface area contributed by atoms with Crippen molar-refractivity contribution in [3.63, 3.8) is 0 Å². The first-order valence-corrected chi connectivity index (χ1v) is 6.37. The minimum Gasteiger partial charge on any atom is -0.294 e. The summed E-state index contributed by atoms with van der Waals surface area (Å²) < 4.78 is 1.53. The normalized spacial score (nSPS) is 15.2. The van der Waals surface area contributed by atoms with E-state index < -0.39 is 0 Å². The molecule has 0 aliphatic carbocycles. The maximum atomic E-state index is 12.3. The van der Waals surface area contributed by atoms with Gasteiger partial charge in [-0.3, -0.25) is 14.8 Å². The SMILES string of the molecule is C=CCN1CCc2c([nH]n(-c3ccccn3)c2=O)C1. The lowest BCUT2D eigenvalue weighted by atomic mass is 10.1. The fourth-order valence-electron chi connectivity index (χ4n) is 2.46. The fourth-order valence-corrected chi connectivity index (χ4v) is 2.46. The van der Waals surface area contributed by atoms with Crippen molar-refractivity contribution in [2.24, 2.45) is 0 Å². The summed E-state index contributed by atoms with van der Waals surface area (Å²) >= 11 is 0. The Labute approximate surface area is 111 Å². The Kier molecular flexibility index (Phi) is 3.05. The zero-order valence-electron chi connectivity index (χ0n) is 10.7. The summed E-state index contributed by atoms with van der Waals surface area (Å²) in [6.07, 6.45) is 4.35. The molecule has 0 saturated heterocycles. The van der Waals surface area contributed by atoms with Crippen molar-refractivity contribution in [2.45, 2.75) is 13.0 Å². The van der Waals surface area contributed by atoms with Gasteiger partial charge in [-0.1, -0.05) is 12.1 Å². The van der Waals surface area contributed by atoms with E-state index in [-0.39, 0.29) is 5.56 Å². The molecule has 98 valence electrons. The molecule has 2 aromatic rings. The lowest BCUT2D eigenvalue weighted by Gasteiger charge is -2.24. The minimum absolute atomic E-state index is 0.0203. The average molecular weight is 256 g/mol. The van der Waals surface area contributed by atoms with E-state index in [0.717, 1.165) is 37.3 Å². The first kappa shape index (κ1) is 11.9. The van der Waals surface area contributed by atoms with E-state index in [1.54, 1.807) is 6.20 Å². The summed E-state index contributed by atoms with van der Waals surface area (Å²) in [7, 11) is 0. The Morgan fingerprint density at radius 1 is 1.47 bits per heavy atom. The van der Waals surface area contributed by atoms with Gasteiger partial charge in [0.2, 0.25) is 0 Å². The molecule has 1 aliphatic rings. The molecule has 3 rings (SSSR count). The van der Waals surface area contributed by atoms with Gasteiger partial charge >= 0.3 is 0 Å². The summed E-state index contributed by atoms with van der Waals surface area (Å²) in [6, 6.07) is 5.53. The second kappa shape index (κ2) is 4.85. The summed E-state index contributed by atoms with van der Waals surface area (Å²) in [4.78, 5) is 18.8. The number of pyridine rings is 1. The molecule has 1 aliphatic heterocycles. The molecule has 5 nitrogen and oxygen atoms in total. The van der Waals surface area contributed by atoms with E-state index >= 15 is 0 Å². The highest BCUT2D eigenvalue weighted by Gasteiger charge is 2.22. The summed E-state index contributed by atoms with van der Waals surface area (Å²) in [5, 5.41) is 3.17. The number of hydrogen-bond donors (Lipinski definition) is 1. The zero-order chi connectivity index (χ0) is 13.2. The van der Waals surface area contributed by atoms with Crippen LogP contribution < -0.4 is 5.56 Å². The van der Waals surface area contributed by atoms with Gasteiger partial charge in [-0.05, 0) is 18.6 Å². The number of rotatable bonds is 3. The van der Waals surface area contributed by atoms with Crippen LogP contribution in [0.15, 0.2) is 41.8 Å². The van der Waals surface area contributed by atoms with E-state index in [1.807, 2.05) is 24.3 Å². The van der Waals surface area contributed by atoms with Crippen molar-refractivity contribution in [2.75, 3.05) is 13.1 Å². The van der Waals surface area contributed by atoms with Gasteiger partial charge in [0.25, 0.3) is 5.56 Å². The predicted molar refractivity (Wildman–Crippen MR) is 73.4 cm³/mol. The second-order valence-electron chi connectivity index (χ2n) is 4.67. The molecule has 0 saturated carbocycles. The number of hydrogen-bond acceptors (Lipinski definition) is 3. The minimum atomic E-state index is 0.0203. The highest BCUT2D eigenvalue weighted by Crippen LogP contribution is 2.14. The van der Waals surface area contributed by atoms with Gasteiger partial charge in [0.05, 0.1) is 5.69 Å². The van der Waals surface area contributed by atoms with Crippen LogP contribution >= 0.6 is 0 Å². The number of aromatic nitrogens is 3. The first-order valence-electron chi connectivity index (χ1n) is 6.37. The molecule has 1 N–H and O–H groups in total. The average Bonchev–Trinajstić information content (AvgIpc) is 2.77. The van der Waals surface area contributed by atoms with Crippen LogP contribution in [-0.2, 0) is 13.0 Å². The maximum absolute atomic E-state index is 12.3. The zero-order valence-corrected chi connectivity index (χ0v) is 10.7. The van der Waals surface area contributed by atoms with E-state index in [2.05, 4.69) is 21.6 Å². The molecule has 0 aromatic carbocycles. The number of aromatic amines is 1. The van der Waals surface area contributed by atoms with Gasteiger partial charge in [0, 0.05) is 31.4 Å². The Balaban J connectivity index is 1.99. The van der Waals surface area contributed by atoms with Crippen LogP contribution in [0.2, 0.25) is 0 Å². The Hall–Kier alpha value is -2.14. The van der Waals surface area contributed by atoms with Crippen LogP contribution in [0, 0.1) is 0 Å². The van der Waals surface area contributed by atoms with E-state index in [9.17, 15) is 4.79 Å². The van der Waals surface area contributed by atoms with E-state index in [0.29, 0.717) is 5.82 Å². The monoisotopic (exact) mass is 256 g/mol. The molecule has 3 heterocycles. The number of nitrogens with one attached hydrogen (secondary N) is 1. The van der Waals surface area contributed by atoms with Crippen molar-refractivity contribution < 1.29 is 0 Å². The van der Waals surface area contributed by atoms with Crippen LogP contribution in [0.3, 0.4) is 0 Å². The van der Waals surface area contributed by atoms with E-state index in [1.165, 1.54) is 4.68 Å². The third-order valence-electron chi connectivity index (χ3n) is 3.40. The topological polar surface area (TPSA) is 53.9 Å². The molecule has 0 amide bonds. The number of nitrogens with zero attached hydrogens (tertiary/aromatic N) is 3. The standard InChI is InChI=1S/C14H16N4O/c1-2-8-17-9-6-11-12(10-17)16-18(14(11)19)13-5-3-4-7-15-13/h2-5,7,16H,1,6,8-10H2. The van der Waals surface area contributed by atoms with Gasteiger partial charge in [-0.15, -0.1) is 6.58 Å². The lowest BCUT2D eigenvalue weighted by Crippen LogP contribution is -2.32. The van der Waals surface area contributed by atoms with E-state index in [4.69, 9.17) is 0 Å². The highest BCUT2D eigenvalue weighted by atomic mass is 16.1. The molecule has 2 aromatic heterocycles. The van der Waals surface area contributed by atoms with Crippen LogP contribution in [0.4, 0.5) is 0 Å². The van der Waals surface area contributed by atoms with Gasteiger partial charge in [0.1, 0.15) is 0 Å². The highest BCUT2D eigenvalue weighted by molar-refractivity contribution is 5.27. The van der Waals surface area contributed by atoms with Crippen LogP contribution in [-0.4, -0.2) is 32.8 Å². The largest absolute Gasteiger partial charge is 0.294 e. The van der Waals surface area contributed by atoms with Gasteiger partial charge in [-0.25, -0.2) is 9.67 Å². The van der Waals surface area contributed by atoms with Crippen molar-refractivity contribution in [3.05, 3.63) is 58.7 Å². The van der Waals surface area contributed by atoms with Gasteiger partial charge in [-0.2, -0.15) is 0 Å². The molecule has 0 radical (unpaired) electrons. The van der Waals surface area contributed by atoms with Crippen LogP contribution in [0.25, 0.3) is 5.82 Å². The van der Waals surface area contributed by atoms with Crippen LogP contribution in [0.1, 0.15) is 11.3 Å². The molecule has 0 fully saturated rings. The maximum Gasteiger partial charge on any atom is 0.276 e. The molecule has 5 heteroatoms. The molecular weight excluding hydrogens is 240 g/mol. The number of fused-ring (bicyclic) bond motifs is 1. The van der Waals surface area contributed by atoms with Crippen molar-refractivity contribution in [1.82, 2.24) is 19.7 Å². The van der Waals surface area contributed by atoms with Crippen LogP contribution in [0.5, 0.6) is 0 Å². The Morgan fingerprint density at radius 3 is 3.11 bits per heavy atom. The first-order chi connectivity index (χ1) is 9.29. The molecule has 0 unspecified atom stereocenters. The Morgan fingerprint density at radius 2 is 2.37 bits per heavy atom. The smallest absolute Gasteiger partial charge is 0.276 e. The summed E-state index contributed by atoms with van der Waals surface area (Å²) in [6.45, 7) is 6.25. The predicted octanol–water partition coefficient (Wildman–Crippen LogP) is 1.10. The third kappa shape index (κ3) is 2.13. The molecule has 0 spiro atoms. The lowest BCUT2D eigenvalue weighted by molar-refractivity contribution is 0.278. The number of H-pyrrole nitrogens is 1. The molecule has 0 atom stereocenters. The second-order valence-corrected chi connectivity index (χ2v) is 4.67. The van der Waals surface area contributed by atoms with Gasteiger partial charge in [0.15, 0.2) is 5.82 Å². The quantitative estimate of drug-likeness (QED) is 0.837. The van der Waals surface area contributed by atoms with Crippen molar-refractivity contribution >= 4 is 0 Å². The molecular formula is C14H16N4O. The molecule has 19 heavy (non-hydrogen) atoms. The summed E-state index contributed by atoms with van der Waals surface area (Å²) in [5.74, 6) is 0.636. The third-order valence-corrected chi connectivity index (χ3v) is 3.40. The van der Waals surface area contributed by atoms with Gasteiger partial charge < -0.3 is 0 Å². The van der Waals surface area contributed by atoms with Crippen molar-refractivity contribution in [1.29, 1.82) is 0 Å². The van der Waals surface area contributed by atoms with Crippen molar-refractivity contribution in [3.8, 4) is 5.82 Å². The Bertz CT molecular complexity index is 641. The summed E-state index contributed by atoms with van der Waals surface area (Å²) in [5.41, 5.74) is 1.89.